The van der Waals surface area contributed by atoms with E-state index in [1.165, 1.54) is 7.11 Å². The van der Waals surface area contributed by atoms with Crippen molar-refractivity contribution in [3.63, 3.8) is 0 Å². The number of phenolic OH excluding ortho intramolecular Hbond substituents is 1. The number of nitrogens with one attached hydrogen (secondary N) is 1. The Balaban J connectivity index is 1.60. The molecule has 0 spiro atoms. The minimum Gasteiger partial charge on any atom is -0.504 e. The van der Waals surface area contributed by atoms with Gasteiger partial charge in [-0.15, -0.1) is 0 Å². The first-order valence-electron chi connectivity index (χ1n) is 11.0. The highest BCUT2D eigenvalue weighted by Gasteiger charge is 2.34. The first-order chi connectivity index (χ1) is 16.9. The number of hydrogen-bond acceptors (Lipinski definition) is 7. The minimum atomic E-state index is -0.432. The fraction of sp³-hybridized carbons (Fsp3) is 0.192. The highest BCUT2D eigenvalue weighted by molar-refractivity contribution is 7.80. The number of phenols is 1. The van der Waals surface area contributed by atoms with E-state index in [0.29, 0.717) is 29.1 Å². The predicted molar refractivity (Wildman–Crippen MR) is 134 cm³/mol. The molecule has 0 radical (unpaired) electrons. The lowest BCUT2D eigenvalue weighted by atomic mass is 9.94. The molecule has 1 unspecified atom stereocenters. The van der Waals surface area contributed by atoms with Gasteiger partial charge in [-0.2, -0.15) is 4.98 Å². The summed E-state index contributed by atoms with van der Waals surface area (Å²) in [5.74, 6) is 2.02. The molecule has 0 aliphatic carbocycles. The zero-order valence-electron chi connectivity index (χ0n) is 19.5. The number of aromatic nitrogens is 2. The molecule has 2 N–H and O–H groups in total. The van der Waals surface area contributed by atoms with Gasteiger partial charge < -0.3 is 29.0 Å². The van der Waals surface area contributed by atoms with E-state index in [1.807, 2.05) is 61.2 Å². The van der Waals surface area contributed by atoms with E-state index < -0.39 is 6.04 Å². The number of allylic oxidation sites excluding steroid dienone is 1. The summed E-state index contributed by atoms with van der Waals surface area (Å²) in [5, 5.41) is 18.6. The van der Waals surface area contributed by atoms with Gasteiger partial charge in [-0.05, 0) is 55.9 Å². The Hall–Kier alpha value is -4.11. The molecule has 0 saturated heterocycles. The lowest BCUT2D eigenvalue weighted by molar-refractivity contribution is 0.371. The first kappa shape index (κ1) is 22.7. The molecule has 0 bridgehead atoms. The van der Waals surface area contributed by atoms with Crippen LogP contribution in [0.5, 0.6) is 11.5 Å². The van der Waals surface area contributed by atoms with Crippen molar-refractivity contribution in [2.75, 3.05) is 7.11 Å². The molecule has 0 fully saturated rings. The second-order valence-corrected chi connectivity index (χ2v) is 8.65. The maximum absolute atomic E-state index is 10.4. The third kappa shape index (κ3) is 4.38. The molecule has 3 heterocycles. The predicted octanol–water partition coefficient (Wildman–Crippen LogP) is 5.21. The van der Waals surface area contributed by atoms with Gasteiger partial charge in [-0.1, -0.05) is 41.1 Å². The summed E-state index contributed by atoms with van der Waals surface area (Å²) < 4.78 is 16.5. The van der Waals surface area contributed by atoms with Gasteiger partial charge in [0.2, 0.25) is 5.82 Å². The molecular weight excluding hydrogens is 464 g/mol. The molecule has 8 nitrogen and oxygen atoms in total. The standard InChI is InChI=1S/C26H24N4O4S/c1-15-6-8-17(9-7-15)24-28-25(34-29-24)22-16(2)30(14-19-5-4-12-33-19)26(35)27-23(22)18-10-11-21(32-3)20(31)13-18/h4-13,23,31H,14H2,1-3H3,(H,27,35). The SMILES string of the molecule is COc1ccc(C2NC(=S)N(Cc3ccco3)C(C)=C2c2nc(-c3ccc(C)cc3)no2)cc1O. The maximum atomic E-state index is 10.4. The summed E-state index contributed by atoms with van der Waals surface area (Å²) in [6.45, 7) is 4.42. The Bertz CT molecular complexity index is 1390. The second-order valence-electron chi connectivity index (χ2n) is 8.27. The van der Waals surface area contributed by atoms with Crippen LogP contribution in [-0.2, 0) is 6.54 Å². The van der Waals surface area contributed by atoms with Crippen molar-refractivity contribution < 1.29 is 18.8 Å². The van der Waals surface area contributed by atoms with E-state index in [1.54, 1.807) is 18.4 Å². The molecule has 1 atom stereocenters. The number of furan rings is 1. The van der Waals surface area contributed by atoms with E-state index in [-0.39, 0.29) is 5.75 Å². The molecule has 0 amide bonds. The summed E-state index contributed by atoms with van der Waals surface area (Å²) in [7, 11) is 1.51. The molecule has 35 heavy (non-hydrogen) atoms. The highest BCUT2D eigenvalue weighted by atomic mass is 32.1. The van der Waals surface area contributed by atoms with E-state index in [4.69, 9.17) is 30.9 Å². The van der Waals surface area contributed by atoms with Gasteiger partial charge in [0.1, 0.15) is 5.76 Å². The molecule has 5 rings (SSSR count). The average molecular weight is 489 g/mol. The van der Waals surface area contributed by atoms with E-state index in [9.17, 15) is 5.11 Å². The lowest BCUT2D eigenvalue weighted by Gasteiger charge is -2.37. The number of benzene rings is 2. The minimum absolute atomic E-state index is 0.0265. The van der Waals surface area contributed by atoms with Crippen molar-refractivity contribution in [3.05, 3.63) is 89.3 Å². The van der Waals surface area contributed by atoms with Crippen LogP contribution in [0.2, 0.25) is 0 Å². The summed E-state index contributed by atoms with van der Waals surface area (Å²) in [4.78, 5) is 6.65. The van der Waals surface area contributed by atoms with Crippen molar-refractivity contribution >= 4 is 22.9 Å². The molecule has 9 heteroatoms. The van der Waals surface area contributed by atoms with Crippen LogP contribution in [0.4, 0.5) is 0 Å². The van der Waals surface area contributed by atoms with Gasteiger partial charge in [0, 0.05) is 11.3 Å². The van der Waals surface area contributed by atoms with Crippen LogP contribution < -0.4 is 10.1 Å². The monoisotopic (exact) mass is 488 g/mol. The molecule has 178 valence electrons. The van der Waals surface area contributed by atoms with E-state index in [0.717, 1.165) is 33.7 Å². The number of methoxy groups -OCH3 is 1. The first-order valence-corrected chi connectivity index (χ1v) is 11.4. The topological polar surface area (TPSA) is 96.8 Å². The Kier molecular flexibility index (Phi) is 6.00. The van der Waals surface area contributed by atoms with E-state index in [2.05, 4.69) is 10.5 Å². The van der Waals surface area contributed by atoms with Gasteiger partial charge >= 0.3 is 0 Å². The van der Waals surface area contributed by atoms with Crippen LogP contribution in [0.15, 0.2) is 75.5 Å². The molecule has 1 aliphatic rings. The van der Waals surface area contributed by atoms with Gasteiger partial charge in [0.25, 0.3) is 5.89 Å². The number of ether oxygens (including phenoxy) is 1. The largest absolute Gasteiger partial charge is 0.504 e. The zero-order chi connectivity index (χ0) is 24.5. The van der Waals surface area contributed by atoms with Crippen LogP contribution in [0.3, 0.4) is 0 Å². The van der Waals surface area contributed by atoms with Crippen molar-refractivity contribution in [3.8, 4) is 22.9 Å². The molecule has 2 aromatic heterocycles. The number of hydrogen-bond donors (Lipinski definition) is 2. The van der Waals surface area contributed by atoms with E-state index >= 15 is 0 Å². The van der Waals surface area contributed by atoms with Crippen molar-refractivity contribution in [2.45, 2.75) is 26.4 Å². The Morgan fingerprint density at radius 1 is 1.14 bits per heavy atom. The summed E-state index contributed by atoms with van der Waals surface area (Å²) >= 11 is 5.72. The fourth-order valence-corrected chi connectivity index (χ4v) is 4.42. The smallest absolute Gasteiger partial charge is 0.258 e. The molecular formula is C26H24N4O4S. The van der Waals surface area contributed by atoms with Gasteiger partial charge in [-0.25, -0.2) is 0 Å². The number of aromatic hydroxyl groups is 1. The fourth-order valence-electron chi connectivity index (χ4n) is 4.10. The number of thiocarbonyl (C=S) groups is 1. The van der Waals surface area contributed by atoms with Crippen molar-refractivity contribution in [1.82, 2.24) is 20.4 Å². The normalized spacial score (nSPS) is 15.9. The highest BCUT2D eigenvalue weighted by Crippen LogP contribution is 2.40. The van der Waals surface area contributed by atoms with Crippen LogP contribution in [0.1, 0.15) is 35.7 Å². The lowest BCUT2D eigenvalue weighted by Crippen LogP contribution is -2.45. The van der Waals surface area contributed by atoms with Crippen molar-refractivity contribution in [2.24, 2.45) is 0 Å². The van der Waals surface area contributed by atoms with Crippen LogP contribution in [0.25, 0.3) is 17.0 Å². The Morgan fingerprint density at radius 2 is 1.94 bits per heavy atom. The van der Waals surface area contributed by atoms with Gasteiger partial charge in [0.05, 0.1) is 31.5 Å². The maximum Gasteiger partial charge on any atom is 0.258 e. The molecule has 4 aromatic rings. The summed E-state index contributed by atoms with van der Waals surface area (Å²) in [5.41, 5.74) is 4.36. The number of nitrogens with zero attached hydrogens (tertiary/aromatic N) is 3. The Labute approximate surface area is 207 Å². The van der Waals surface area contributed by atoms with Crippen LogP contribution >= 0.6 is 12.2 Å². The molecule has 2 aromatic carbocycles. The number of rotatable bonds is 6. The number of aryl methyl sites for hydroxylation is 1. The summed E-state index contributed by atoms with van der Waals surface area (Å²) in [6, 6.07) is 16.5. The molecule has 0 saturated carbocycles. The quantitative estimate of drug-likeness (QED) is 0.354. The van der Waals surface area contributed by atoms with Crippen LogP contribution in [-0.4, -0.2) is 32.4 Å². The third-order valence-electron chi connectivity index (χ3n) is 5.99. The van der Waals surface area contributed by atoms with Gasteiger partial charge in [0.15, 0.2) is 16.6 Å². The molecule has 1 aliphatic heterocycles. The third-order valence-corrected chi connectivity index (χ3v) is 6.33. The Morgan fingerprint density at radius 3 is 2.63 bits per heavy atom. The van der Waals surface area contributed by atoms with Gasteiger partial charge in [-0.3, -0.25) is 0 Å². The summed E-state index contributed by atoms with van der Waals surface area (Å²) in [6.07, 6.45) is 1.63. The van der Waals surface area contributed by atoms with Crippen LogP contribution in [0, 0.1) is 6.92 Å². The average Bonchev–Trinajstić information content (AvgIpc) is 3.54. The van der Waals surface area contributed by atoms with Crippen molar-refractivity contribution in [1.29, 1.82) is 0 Å². The zero-order valence-corrected chi connectivity index (χ0v) is 20.3. The second kappa shape index (κ2) is 9.27.